The number of benzene rings is 1. The van der Waals surface area contributed by atoms with Crippen molar-refractivity contribution in [3.05, 3.63) is 59.9 Å². The predicted molar refractivity (Wildman–Crippen MR) is 79.1 cm³/mol. The molecule has 0 radical (unpaired) electrons. The zero-order chi connectivity index (χ0) is 14.6. The lowest BCUT2D eigenvalue weighted by Gasteiger charge is -2.08. The molecule has 2 heterocycles. The van der Waals surface area contributed by atoms with Gasteiger partial charge in [-0.2, -0.15) is 4.98 Å². The van der Waals surface area contributed by atoms with Crippen LogP contribution in [0.1, 0.15) is 35.8 Å². The van der Waals surface area contributed by atoms with Crippen LogP contribution in [0, 0.1) is 0 Å². The minimum absolute atomic E-state index is 0.225. The third-order valence-electron chi connectivity index (χ3n) is 5.00. The average Bonchev–Trinajstić information content (AvgIpc) is 2.94. The van der Waals surface area contributed by atoms with Crippen molar-refractivity contribution in [3.8, 4) is 11.5 Å². The molecule has 108 valence electrons. The van der Waals surface area contributed by atoms with E-state index in [9.17, 15) is 0 Å². The molecule has 0 aliphatic heterocycles. The quantitative estimate of drug-likeness (QED) is 0.726. The molecule has 5 heteroatoms. The molecule has 1 fully saturated rings. The first kappa shape index (κ1) is 12.0. The topological polar surface area (TPSA) is 64.7 Å². The van der Waals surface area contributed by atoms with Crippen molar-refractivity contribution >= 4 is 0 Å². The van der Waals surface area contributed by atoms with E-state index in [1.54, 1.807) is 18.6 Å². The zero-order valence-electron chi connectivity index (χ0n) is 11.9. The molecule has 5 nitrogen and oxygen atoms in total. The predicted octanol–water partition coefficient (Wildman–Crippen LogP) is 2.90. The van der Waals surface area contributed by atoms with Crippen molar-refractivity contribution < 1.29 is 4.52 Å². The molecule has 3 aromatic rings. The molecule has 2 aliphatic rings. The molecule has 0 unspecified atom stereocenters. The van der Waals surface area contributed by atoms with E-state index in [1.165, 1.54) is 17.5 Å². The van der Waals surface area contributed by atoms with Gasteiger partial charge in [-0.25, -0.2) is 4.98 Å². The van der Waals surface area contributed by atoms with Crippen LogP contribution in [0.2, 0.25) is 0 Å². The van der Waals surface area contributed by atoms with Gasteiger partial charge in [0.25, 0.3) is 0 Å². The van der Waals surface area contributed by atoms with E-state index in [0.717, 1.165) is 18.7 Å². The van der Waals surface area contributed by atoms with E-state index >= 15 is 0 Å². The fourth-order valence-electron chi connectivity index (χ4n) is 3.81. The third kappa shape index (κ3) is 1.59. The van der Waals surface area contributed by atoms with Crippen LogP contribution in [-0.2, 0) is 11.8 Å². The molecule has 1 spiro atoms. The lowest BCUT2D eigenvalue weighted by Crippen LogP contribution is -2.04. The van der Waals surface area contributed by atoms with Crippen molar-refractivity contribution in [1.29, 1.82) is 0 Å². The molecule has 0 amide bonds. The summed E-state index contributed by atoms with van der Waals surface area (Å²) in [5.74, 6) is 1.60. The third-order valence-corrected chi connectivity index (χ3v) is 5.00. The van der Waals surface area contributed by atoms with E-state index in [0.29, 0.717) is 17.4 Å². The Morgan fingerprint density at radius 2 is 2.14 bits per heavy atom. The standard InChI is InChI=1S/C17H14N4O/c1-2-4-12-11(3-1)5-6-17(12)9-13(17)16-20-15(21-22-16)14-10-18-7-8-19-14/h1-4,7-8,10,13H,5-6,9H2/t13-,17+/m1/s1. The van der Waals surface area contributed by atoms with Gasteiger partial charge in [0.15, 0.2) is 0 Å². The van der Waals surface area contributed by atoms with Gasteiger partial charge < -0.3 is 4.52 Å². The Bertz CT molecular complexity index is 845. The fourth-order valence-corrected chi connectivity index (χ4v) is 3.81. The Balaban J connectivity index is 1.48. The fraction of sp³-hybridized carbons (Fsp3) is 0.294. The molecule has 5 rings (SSSR count). The zero-order valence-corrected chi connectivity index (χ0v) is 11.9. The van der Waals surface area contributed by atoms with Crippen molar-refractivity contribution in [3.63, 3.8) is 0 Å². The number of aromatic nitrogens is 4. The highest BCUT2D eigenvalue weighted by atomic mass is 16.5. The molecule has 1 aromatic carbocycles. The second-order valence-electron chi connectivity index (χ2n) is 6.12. The summed E-state index contributed by atoms with van der Waals surface area (Å²) in [6, 6.07) is 8.73. The van der Waals surface area contributed by atoms with Gasteiger partial charge in [0.05, 0.1) is 6.20 Å². The summed E-state index contributed by atoms with van der Waals surface area (Å²) in [7, 11) is 0. The first-order valence-electron chi connectivity index (χ1n) is 7.55. The minimum Gasteiger partial charge on any atom is -0.339 e. The van der Waals surface area contributed by atoms with Crippen molar-refractivity contribution in [2.75, 3.05) is 0 Å². The van der Waals surface area contributed by atoms with E-state index in [-0.39, 0.29) is 5.41 Å². The van der Waals surface area contributed by atoms with Crippen molar-refractivity contribution in [2.45, 2.75) is 30.6 Å². The molecular weight excluding hydrogens is 276 g/mol. The maximum Gasteiger partial charge on any atom is 0.231 e. The Morgan fingerprint density at radius 1 is 1.18 bits per heavy atom. The minimum atomic E-state index is 0.225. The molecule has 2 atom stereocenters. The summed E-state index contributed by atoms with van der Waals surface area (Å²) in [5, 5.41) is 4.07. The van der Waals surface area contributed by atoms with E-state index in [2.05, 4.69) is 44.4 Å². The Kier molecular flexibility index (Phi) is 2.31. The largest absolute Gasteiger partial charge is 0.339 e. The van der Waals surface area contributed by atoms with Crippen LogP contribution in [0.4, 0.5) is 0 Å². The van der Waals surface area contributed by atoms with Crippen LogP contribution in [-0.4, -0.2) is 20.1 Å². The van der Waals surface area contributed by atoms with Gasteiger partial charge >= 0.3 is 0 Å². The normalized spacial score (nSPS) is 25.4. The highest BCUT2D eigenvalue weighted by Gasteiger charge is 2.61. The van der Waals surface area contributed by atoms with Gasteiger partial charge in [0.1, 0.15) is 5.69 Å². The van der Waals surface area contributed by atoms with E-state index in [4.69, 9.17) is 4.52 Å². The summed E-state index contributed by atoms with van der Waals surface area (Å²) < 4.78 is 5.52. The summed E-state index contributed by atoms with van der Waals surface area (Å²) in [4.78, 5) is 12.8. The molecule has 0 bridgehead atoms. The van der Waals surface area contributed by atoms with Crippen LogP contribution < -0.4 is 0 Å². The molecule has 2 aromatic heterocycles. The van der Waals surface area contributed by atoms with Gasteiger partial charge in [-0.1, -0.05) is 29.4 Å². The summed E-state index contributed by atoms with van der Waals surface area (Å²) in [6.45, 7) is 0. The number of aryl methyl sites for hydroxylation is 1. The molecular formula is C17H14N4O. The average molecular weight is 290 g/mol. The lowest BCUT2D eigenvalue weighted by molar-refractivity contribution is 0.372. The smallest absolute Gasteiger partial charge is 0.231 e. The number of fused-ring (bicyclic) bond motifs is 2. The molecule has 0 saturated heterocycles. The summed E-state index contributed by atoms with van der Waals surface area (Å²) >= 11 is 0. The Morgan fingerprint density at radius 3 is 3.05 bits per heavy atom. The number of rotatable bonds is 2. The van der Waals surface area contributed by atoms with Crippen LogP contribution in [0.3, 0.4) is 0 Å². The van der Waals surface area contributed by atoms with E-state index < -0.39 is 0 Å². The van der Waals surface area contributed by atoms with E-state index in [1.807, 2.05) is 0 Å². The van der Waals surface area contributed by atoms with Crippen LogP contribution in [0.5, 0.6) is 0 Å². The maximum absolute atomic E-state index is 5.52. The first-order chi connectivity index (χ1) is 10.9. The second kappa shape index (κ2) is 4.22. The van der Waals surface area contributed by atoms with Crippen LogP contribution >= 0.6 is 0 Å². The number of nitrogens with zero attached hydrogens (tertiary/aromatic N) is 4. The van der Waals surface area contributed by atoms with Gasteiger partial charge in [0, 0.05) is 23.7 Å². The first-order valence-corrected chi connectivity index (χ1v) is 7.55. The van der Waals surface area contributed by atoms with Gasteiger partial charge in [-0.3, -0.25) is 4.98 Å². The molecule has 22 heavy (non-hydrogen) atoms. The lowest BCUT2D eigenvalue weighted by atomic mass is 9.95. The summed E-state index contributed by atoms with van der Waals surface area (Å²) in [6.07, 6.45) is 8.36. The van der Waals surface area contributed by atoms with Gasteiger partial charge in [-0.15, -0.1) is 0 Å². The molecule has 1 saturated carbocycles. The van der Waals surface area contributed by atoms with Crippen LogP contribution in [0.15, 0.2) is 47.4 Å². The highest BCUT2D eigenvalue weighted by molar-refractivity contribution is 5.50. The Hall–Kier alpha value is -2.56. The van der Waals surface area contributed by atoms with Gasteiger partial charge in [-0.05, 0) is 30.4 Å². The monoisotopic (exact) mass is 290 g/mol. The SMILES string of the molecule is c1ccc2c(c1)CC[C@]21C[C@@H]1c1nc(-c2cnccn2)no1. The highest BCUT2D eigenvalue weighted by Crippen LogP contribution is 2.65. The number of hydrogen-bond donors (Lipinski definition) is 0. The summed E-state index contributed by atoms with van der Waals surface area (Å²) in [5.41, 5.74) is 3.82. The molecule has 2 aliphatic carbocycles. The molecule has 0 N–H and O–H groups in total. The second-order valence-corrected chi connectivity index (χ2v) is 6.12. The maximum atomic E-state index is 5.52. The van der Waals surface area contributed by atoms with Crippen molar-refractivity contribution in [1.82, 2.24) is 20.1 Å². The Labute approximate surface area is 127 Å². The number of hydrogen-bond acceptors (Lipinski definition) is 5. The van der Waals surface area contributed by atoms with Crippen LogP contribution in [0.25, 0.3) is 11.5 Å². The van der Waals surface area contributed by atoms with Crippen molar-refractivity contribution in [2.24, 2.45) is 0 Å². The van der Waals surface area contributed by atoms with Gasteiger partial charge in [0.2, 0.25) is 11.7 Å².